The highest BCUT2D eigenvalue weighted by atomic mass is 16.5. The molecule has 1 N–H and O–H groups in total. The van der Waals surface area contributed by atoms with Crippen molar-refractivity contribution in [3.63, 3.8) is 0 Å². The van der Waals surface area contributed by atoms with Crippen molar-refractivity contribution in [2.75, 3.05) is 0 Å². The Morgan fingerprint density at radius 3 is 2.26 bits per heavy atom. The lowest BCUT2D eigenvalue weighted by atomic mass is 9.70. The fourth-order valence-corrected chi connectivity index (χ4v) is 3.87. The molecule has 1 atom stereocenters. The van der Waals surface area contributed by atoms with Gasteiger partial charge in [-0.1, -0.05) is 49.3 Å². The molecule has 0 radical (unpaired) electrons. The van der Waals surface area contributed by atoms with E-state index in [9.17, 15) is 5.11 Å². The third-order valence-electron chi connectivity index (χ3n) is 6.44. The van der Waals surface area contributed by atoms with Crippen LogP contribution in [0.3, 0.4) is 0 Å². The molecule has 0 bridgehead atoms. The molecule has 6 heteroatoms. The number of aliphatic hydroxyl groups is 1. The number of ether oxygens (including phenoxy) is 1. The van der Waals surface area contributed by atoms with Gasteiger partial charge >= 0.3 is 0 Å². The number of hydrogen-bond donors (Lipinski definition) is 1. The summed E-state index contributed by atoms with van der Waals surface area (Å²) in [5, 5.41) is 14.2. The van der Waals surface area contributed by atoms with Crippen molar-refractivity contribution >= 4 is 0 Å². The Morgan fingerprint density at radius 1 is 0.941 bits per heavy atom. The predicted molar refractivity (Wildman–Crippen MR) is 131 cm³/mol. The average Bonchev–Trinajstić information content (AvgIpc) is 3.34. The summed E-state index contributed by atoms with van der Waals surface area (Å²) in [4.78, 5) is 9.06. The molecule has 0 saturated heterocycles. The van der Waals surface area contributed by atoms with Crippen LogP contribution < -0.4 is 4.74 Å². The maximum Gasteiger partial charge on any atom is 0.167 e. The second-order valence-corrected chi connectivity index (χ2v) is 9.56. The normalized spacial score (nSPS) is 13.6. The van der Waals surface area contributed by atoms with E-state index >= 15 is 0 Å². The molecule has 176 valence electrons. The van der Waals surface area contributed by atoms with Gasteiger partial charge in [-0.05, 0) is 56.5 Å². The van der Waals surface area contributed by atoms with Crippen LogP contribution in [0.25, 0.3) is 11.3 Å². The number of aromatic nitrogens is 3. The summed E-state index contributed by atoms with van der Waals surface area (Å²) in [7, 11) is 0. The van der Waals surface area contributed by atoms with Crippen molar-refractivity contribution in [1.29, 1.82) is 0 Å². The van der Waals surface area contributed by atoms with Gasteiger partial charge in [0, 0.05) is 23.2 Å². The highest BCUT2D eigenvalue weighted by molar-refractivity contribution is 5.59. The molecule has 3 aromatic heterocycles. The van der Waals surface area contributed by atoms with Crippen LogP contribution >= 0.6 is 0 Å². The Hall–Kier alpha value is -3.51. The number of nitrogens with zero attached hydrogens (tertiary/aromatic N) is 3. The van der Waals surface area contributed by atoms with Crippen LogP contribution in [-0.4, -0.2) is 20.2 Å². The van der Waals surface area contributed by atoms with E-state index in [1.165, 1.54) is 0 Å². The topological polar surface area (TPSA) is 81.3 Å². The monoisotopic (exact) mass is 457 g/mol. The van der Waals surface area contributed by atoms with E-state index in [0.717, 1.165) is 22.5 Å². The van der Waals surface area contributed by atoms with E-state index in [2.05, 4.69) is 43.0 Å². The average molecular weight is 458 g/mol. The van der Waals surface area contributed by atoms with Gasteiger partial charge in [0.1, 0.15) is 23.7 Å². The van der Waals surface area contributed by atoms with Gasteiger partial charge < -0.3 is 14.4 Å². The molecule has 0 fully saturated rings. The van der Waals surface area contributed by atoms with Gasteiger partial charge in [-0.15, -0.1) is 0 Å². The van der Waals surface area contributed by atoms with Crippen LogP contribution in [0.15, 0.2) is 77.6 Å². The van der Waals surface area contributed by atoms with Crippen LogP contribution in [0, 0.1) is 5.92 Å². The molecule has 1 aromatic carbocycles. The van der Waals surface area contributed by atoms with Crippen LogP contribution in [0.1, 0.15) is 57.3 Å². The van der Waals surface area contributed by atoms with Crippen LogP contribution in [-0.2, 0) is 17.6 Å². The lowest BCUT2D eigenvalue weighted by Crippen LogP contribution is -2.31. The minimum absolute atomic E-state index is 0.294. The third-order valence-corrected chi connectivity index (χ3v) is 6.44. The van der Waals surface area contributed by atoms with E-state index in [-0.39, 0.29) is 5.41 Å². The summed E-state index contributed by atoms with van der Waals surface area (Å²) in [6, 6.07) is 19.8. The van der Waals surface area contributed by atoms with Crippen molar-refractivity contribution in [1.82, 2.24) is 15.1 Å². The second-order valence-electron chi connectivity index (χ2n) is 9.56. The van der Waals surface area contributed by atoms with Gasteiger partial charge in [0.15, 0.2) is 5.76 Å². The summed E-state index contributed by atoms with van der Waals surface area (Å²) in [6.07, 6.45) is 3.54. The molecule has 0 unspecified atom stereocenters. The molecular weight excluding hydrogens is 426 g/mol. The molecule has 4 rings (SSSR count). The van der Waals surface area contributed by atoms with Gasteiger partial charge in [-0.3, -0.25) is 9.97 Å². The zero-order chi connectivity index (χ0) is 24.3. The highest BCUT2D eigenvalue weighted by Crippen LogP contribution is 2.39. The van der Waals surface area contributed by atoms with Crippen molar-refractivity contribution in [3.8, 4) is 17.1 Å². The largest absolute Gasteiger partial charge is 0.486 e. The first kappa shape index (κ1) is 23.6. The molecule has 0 aliphatic heterocycles. The zero-order valence-corrected chi connectivity index (χ0v) is 20.3. The fourth-order valence-electron chi connectivity index (χ4n) is 3.87. The zero-order valence-electron chi connectivity index (χ0n) is 20.3. The van der Waals surface area contributed by atoms with Crippen molar-refractivity contribution in [3.05, 3.63) is 95.7 Å². The van der Waals surface area contributed by atoms with Crippen LogP contribution in [0.2, 0.25) is 0 Å². The minimum atomic E-state index is -1.04. The summed E-state index contributed by atoms with van der Waals surface area (Å²) in [5.41, 5.74) is 3.08. The first-order valence-electron chi connectivity index (χ1n) is 11.5. The van der Waals surface area contributed by atoms with Gasteiger partial charge in [0.2, 0.25) is 0 Å². The van der Waals surface area contributed by atoms with Crippen LogP contribution in [0.4, 0.5) is 0 Å². The summed E-state index contributed by atoms with van der Waals surface area (Å²) >= 11 is 0. The van der Waals surface area contributed by atoms with Crippen molar-refractivity contribution in [2.45, 2.75) is 52.2 Å². The Bertz CT molecular complexity index is 1210. The molecule has 6 nitrogen and oxygen atoms in total. The maximum absolute atomic E-state index is 10.2. The first-order valence-corrected chi connectivity index (χ1v) is 11.5. The Balaban J connectivity index is 1.55. The van der Waals surface area contributed by atoms with E-state index in [4.69, 9.17) is 14.2 Å². The minimum Gasteiger partial charge on any atom is -0.486 e. The van der Waals surface area contributed by atoms with Crippen molar-refractivity contribution in [2.24, 2.45) is 5.92 Å². The highest BCUT2D eigenvalue weighted by Gasteiger charge is 2.34. The number of hydrogen-bond acceptors (Lipinski definition) is 6. The molecule has 0 aliphatic rings. The molecule has 34 heavy (non-hydrogen) atoms. The molecular formula is C28H31N3O3. The molecule has 0 saturated carbocycles. The Morgan fingerprint density at radius 2 is 1.71 bits per heavy atom. The van der Waals surface area contributed by atoms with Gasteiger partial charge in [0.05, 0.1) is 17.6 Å². The molecule has 4 aromatic rings. The summed E-state index contributed by atoms with van der Waals surface area (Å²) in [5.74, 6) is 1.64. The number of pyridine rings is 2. The third kappa shape index (κ3) is 4.87. The van der Waals surface area contributed by atoms with E-state index in [1.54, 1.807) is 32.3 Å². The van der Waals surface area contributed by atoms with Gasteiger partial charge in [-0.2, -0.15) is 0 Å². The maximum atomic E-state index is 10.2. The molecule has 0 aliphatic carbocycles. The lowest BCUT2D eigenvalue weighted by molar-refractivity contribution is 0.0701. The Labute approximate surface area is 200 Å². The molecule has 3 heterocycles. The van der Waals surface area contributed by atoms with Crippen molar-refractivity contribution < 1.29 is 14.4 Å². The SMILES string of the molecule is CC(C)[C@@](C)(c1ccc(-c2cc(C(C)(C)O)no2)cc1)c1ccc(OCc2ccccn2)cn1. The van der Waals surface area contributed by atoms with Gasteiger partial charge in [-0.25, -0.2) is 0 Å². The van der Waals surface area contributed by atoms with Crippen LogP contribution in [0.5, 0.6) is 5.75 Å². The lowest BCUT2D eigenvalue weighted by Gasteiger charge is -2.34. The standard InChI is InChI=1S/C28H31N3O3/c1-19(2)28(5,25-14-13-23(17-30-25)33-18-22-8-6-7-15-29-22)21-11-9-20(10-12-21)24-16-26(31-34-24)27(3,4)32/h6-17,19,32H,18H2,1-5H3/t28-/m0/s1. The van der Waals surface area contributed by atoms with E-state index in [0.29, 0.717) is 29.7 Å². The Kier molecular flexibility index (Phi) is 6.53. The second kappa shape index (κ2) is 9.39. The number of benzene rings is 1. The quantitative estimate of drug-likeness (QED) is 0.355. The molecule has 0 spiro atoms. The summed E-state index contributed by atoms with van der Waals surface area (Å²) in [6.45, 7) is 10.4. The molecule has 0 amide bonds. The fraction of sp³-hybridized carbons (Fsp3) is 0.321. The van der Waals surface area contributed by atoms with E-state index < -0.39 is 5.60 Å². The summed E-state index contributed by atoms with van der Waals surface area (Å²) < 4.78 is 11.3. The first-order chi connectivity index (χ1) is 16.2. The van der Waals surface area contributed by atoms with Gasteiger partial charge in [0.25, 0.3) is 0 Å². The predicted octanol–water partition coefficient (Wildman–Crippen LogP) is 5.90. The number of rotatable bonds is 8. The smallest absolute Gasteiger partial charge is 0.167 e. The van der Waals surface area contributed by atoms with E-state index in [1.807, 2.05) is 42.5 Å².